The van der Waals surface area contributed by atoms with E-state index in [-0.39, 0.29) is 18.5 Å². The maximum atomic E-state index is 11.2. The standard InChI is InChI=1S/C35H36N2O4/c1-20(2)29-18-40-34(36-29)27-14-11-23-7-5-6-8-25(23)32(27)33-26-13-9-22(10-16-31(38)39)17-24(26)12-15-28(33)35-37-30(19-41-35)21(3)4/h5-9,11-15,17,20-21,29-30H,10,16,18-19H2,1-4H3,(H,38,39)/t29-,30-/m1/s1. The Morgan fingerprint density at radius 2 is 1.34 bits per heavy atom. The number of carbonyl (C=O) groups is 1. The van der Waals surface area contributed by atoms with E-state index in [9.17, 15) is 9.90 Å². The number of aryl methyl sites for hydroxylation is 1. The van der Waals surface area contributed by atoms with Crippen LogP contribution in [0.1, 0.15) is 50.8 Å². The van der Waals surface area contributed by atoms with E-state index in [0.29, 0.717) is 43.3 Å². The summed E-state index contributed by atoms with van der Waals surface area (Å²) in [6, 6.07) is 23.3. The lowest BCUT2D eigenvalue weighted by molar-refractivity contribution is -0.136. The highest BCUT2D eigenvalue weighted by molar-refractivity contribution is 6.19. The van der Waals surface area contributed by atoms with E-state index >= 15 is 0 Å². The molecule has 0 unspecified atom stereocenters. The molecule has 0 fully saturated rings. The Hall–Kier alpha value is -4.19. The zero-order chi connectivity index (χ0) is 28.7. The Balaban J connectivity index is 1.64. The third-order valence-corrected chi connectivity index (χ3v) is 8.24. The maximum absolute atomic E-state index is 11.2. The van der Waals surface area contributed by atoms with Crippen molar-refractivity contribution in [3.8, 4) is 11.1 Å². The van der Waals surface area contributed by atoms with Gasteiger partial charge in [-0.3, -0.25) is 4.79 Å². The highest BCUT2D eigenvalue weighted by Crippen LogP contribution is 2.41. The Kier molecular flexibility index (Phi) is 7.24. The zero-order valence-electron chi connectivity index (χ0n) is 24.1. The fourth-order valence-corrected chi connectivity index (χ4v) is 5.71. The number of fused-ring (bicyclic) bond motifs is 2. The maximum Gasteiger partial charge on any atom is 0.303 e. The largest absolute Gasteiger partial charge is 0.481 e. The first-order chi connectivity index (χ1) is 19.8. The van der Waals surface area contributed by atoms with Gasteiger partial charge in [-0.1, -0.05) is 82.3 Å². The Morgan fingerprint density at radius 1 is 0.780 bits per heavy atom. The fraction of sp³-hybridized carbons (Fsp3) is 0.343. The monoisotopic (exact) mass is 548 g/mol. The average Bonchev–Trinajstić information content (AvgIpc) is 3.66. The van der Waals surface area contributed by atoms with E-state index < -0.39 is 5.97 Å². The van der Waals surface area contributed by atoms with E-state index in [1.165, 1.54) is 0 Å². The lowest BCUT2D eigenvalue weighted by Gasteiger charge is -2.19. The van der Waals surface area contributed by atoms with E-state index in [1.807, 2.05) is 6.07 Å². The summed E-state index contributed by atoms with van der Waals surface area (Å²) in [6.07, 6.45) is 0.578. The SMILES string of the molecule is CC(C)[C@H]1COC(c2ccc3ccccc3c2-c2c(C3=N[C@@H](C(C)C)CO3)ccc3cc(CCC(=O)O)ccc23)=N1. The van der Waals surface area contributed by atoms with Crippen LogP contribution in [0, 0.1) is 11.8 Å². The van der Waals surface area contributed by atoms with Crippen LogP contribution in [0.3, 0.4) is 0 Å². The summed E-state index contributed by atoms with van der Waals surface area (Å²) in [5.74, 6) is 1.27. The van der Waals surface area contributed by atoms with Crippen LogP contribution in [0.5, 0.6) is 0 Å². The molecule has 0 radical (unpaired) electrons. The number of hydrogen-bond donors (Lipinski definition) is 1. The molecule has 0 aromatic heterocycles. The molecule has 4 aromatic carbocycles. The van der Waals surface area contributed by atoms with Crippen molar-refractivity contribution in [1.29, 1.82) is 0 Å². The summed E-state index contributed by atoms with van der Waals surface area (Å²) >= 11 is 0. The molecule has 0 amide bonds. The third kappa shape index (κ3) is 5.19. The van der Waals surface area contributed by atoms with Gasteiger partial charge in [0, 0.05) is 28.7 Å². The second kappa shape index (κ2) is 11.0. The quantitative estimate of drug-likeness (QED) is 0.251. The summed E-state index contributed by atoms with van der Waals surface area (Å²) in [6.45, 7) is 9.82. The van der Waals surface area contributed by atoms with E-state index in [4.69, 9.17) is 19.5 Å². The van der Waals surface area contributed by atoms with Crippen molar-refractivity contribution in [1.82, 2.24) is 0 Å². The van der Waals surface area contributed by atoms with Crippen molar-refractivity contribution < 1.29 is 19.4 Å². The number of nitrogens with zero attached hydrogens (tertiary/aromatic N) is 2. The molecule has 4 aromatic rings. The van der Waals surface area contributed by atoms with Crippen molar-refractivity contribution in [2.45, 2.75) is 52.6 Å². The summed E-state index contributed by atoms with van der Waals surface area (Å²) in [5.41, 5.74) is 4.96. The molecule has 6 nitrogen and oxygen atoms in total. The van der Waals surface area contributed by atoms with E-state index in [0.717, 1.165) is 49.4 Å². The topological polar surface area (TPSA) is 80.5 Å². The molecule has 210 valence electrons. The van der Waals surface area contributed by atoms with Crippen LogP contribution >= 0.6 is 0 Å². The number of benzene rings is 4. The highest BCUT2D eigenvalue weighted by Gasteiger charge is 2.30. The first-order valence-electron chi connectivity index (χ1n) is 14.5. The minimum atomic E-state index is -0.797. The first-order valence-corrected chi connectivity index (χ1v) is 14.5. The molecule has 41 heavy (non-hydrogen) atoms. The minimum absolute atomic E-state index is 0.0966. The molecule has 0 saturated heterocycles. The van der Waals surface area contributed by atoms with Crippen LogP contribution in [-0.4, -0.2) is 48.2 Å². The lowest BCUT2D eigenvalue weighted by atomic mass is 9.86. The Morgan fingerprint density at radius 3 is 1.90 bits per heavy atom. The second-order valence-electron chi connectivity index (χ2n) is 11.8. The molecule has 0 saturated carbocycles. The van der Waals surface area contributed by atoms with Crippen molar-refractivity contribution in [3.63, 3.8) is 0 Å². The molecule has 2 aliphatic rings. The van der Waals surface area contributed by atoms with Crippen LogP contribution in [0.2, 0.25) is 0 Å². The predicted octanol–water partition coefficient (Wildman–Crippen LogP) is 7.28. The van der Waals surface area contributed by atoms with Gasteiger partial charge in [-0.15, -0.1) is 0 Å². The summed E-state index contributed by atoms with van der Waals surface area (Å²) in [5, 5.41) is 13.6. The van der Waals surface area contributed by atoms with Crippen molar-refractivity contribution in [2.75, 3.05) is 13.2 Å². The van der Waals surface area contributed by atoms with E-state index in [2.05, 4.69) is 88.4 Å². The number of rotatable bonds is 8. The van der Waals surface area contributed by atoms with Crippen LogP contribution in [0.25, 0.3) is 32.7 Å². The van der Waals surface area contributed by atoms with Gasteiger partial charge in [-0.25, -0.2) is 9.98 Å². The Labute approximate surface area is 240 Å². The number of carboxylic acid groups (broad SMARTS) is 1. The van der Waals surface area contributed by atoms with E-state index in [1.54, 1.807) is 0 Å². The van der Waals surface area contributed by atoms with Crippen molar-refractivity contribution >= 4 is 39.3 Å². The van der Waals surface area contributed by atoms with Gasteiger partial charge in [-0.2, -0.15) is 0 Å². The molecule has 1 N–H and O–H groups in total. The summed E-state index contributed by atoms with van der Waals surface area (Å²) < 4.78 is 12.5. The smallest absolute Gasteiger partial charge is 0.303 e. The van der Waals surface area contributed by atoms with Gasteiger partial charge >= 0.3 is 5.97 Å². The normalized spacial score (nSPS) is 18.6. The van der Waals surface area contributed by atoms with Crippen LogP contribution in [-0.2, 0) is 20.7 Å². The minimum Gasteiger partial charge on any atom is -0.481 e. The number of ether oxygens (including phenoxy) is 2. The molecule has 6 rings (SSSR count). The van der Waals surface area contributed by atoms with Gasteiger partial charge in [0.15, 0.2) is 0 Å². The average molecular weight is 549 g/mol. The van der Waals surface area contributed by atoms with Gasteiger partial charge in [-0.05, 0) is 57.5 Å². The predicted molar refractivity (Wildman–Crippen MR) is 165 cm³/mol. The molecule has 0 bridgehead atoms. The van der Waals surface area contributed by atoms with Crippen LogP contribution < -0.4 is 0 Å². The zero-order valence-corrected chi connectivity index (χ0v) is 24.1. The van der Waals surface area contributed by atoms with Gasteiger partial charge in [0.25, 0.3) is 0 Å². The van der Waals surface area contributed by atoms with Gasteiger partial charge in [0.1, 0.15) is 13.2 Å². The second-order valence-corrected chi connectivity index (χ2v) is 11.8. The van der Waals surface area contributed by atoms with Gasteiger partial charge < -0.3 is 14.6 Å². The fourth-order valence-electron chi connectivity index (χ4n) is 5.71. The Bertz CT molecular complexity index is 1700. The van der Waals surface area contributed by atoms with Crippen molar-refractivity contribution in [2.24, 2.45) is 21.8 Å². The molecular weight excluding hydrogens is 512 g/mol. The first kappa shape index (κ1) is 27.0. The molecular formula is C35H36N2O4. The lowest BCUT2D eigenvalue weighted by Crippen LogP contribution is -2.13. The molecule has 2 heterocycles. The number of hydrogen-bond acceptors (Lipinski definition) is 5. The molecule has 2 aliphatic heterocycles. The number of carboxylic acids is 1. The summed E-state index contributed by atoms with van der Waals surface area (Å²) in [4.78, 5) is 21.3. The van der Waals surface area contributed by atoms with Gasteiger partial charge in [0.05, 0.1) is 12.1 Å². The van der Waals surface area contributed by atoms with Crippen LogP contribution in [0.15, 0.2) is 76.7 Å². The highest BCUT2D eigenvalue weighted by atomic mass is 16.5. The van der Waals surface area contributed by atoms with Crippen LogP contribution in [0.4, 0.5) is 0 Å². The third-order valence-electron chi connectivity index (χ3n) is 8.24. The number of aliphatic carboxylic acids is 1. The number of aliphatic imine (C=N–C) groups is 2. The van der Waals surface area contributed by atoms with Gasteiger partial charge in [0.2, 0.25) is 11.8 Å². The molecule has 0 spiro atoms. The molecule has 0 aliphatic carbocycles. The molecule has 2 atom stereocenters. The molecule has 6 heteroatoms. The van der Waals surface area contributed by atoms with Crippen molar-refractivity contribution in [3.05, 3.63) is 83.4 Å². The summed E-state index contributed by atoms with van der Waals surface area (Å²) in [7, 11) is 0.